The molecule has 24 heavy (non-hydrogen) atoms. The Bertz CT molecular complexity index is 731. The van der Waals surface area contributed by atoms with Gasteiger partial charge in [0.25, 0.3) is 0 Å². The first kappa shape index (κ1) is 19.1. The van der Waals surface area contributed by atoms with Crippen LogP contribution in [0.5, 0.6) is 0 Å². The van der Waals surface area contributed by atoms with Crippen molar-refractivity contribution in [3.05, 3.63) is 23.8 Å². The van der Waals surface area contributed by atoms with Crippen LogP contribution in [0.3, 0.4) is 0 Å². The number of alkyl halides is 3. The van der Waals surface area contributed by atoms with Crippen molar-refractivity contribution in [3.8, 4) is 0 Å². The van der Waals surface area contributed by atoms with E-state index in [1.54, 1.807) is 27.7 Å². The molecule has 1 saturated heterocycles. The van der Waals surface area contributed by atoms with Crippen molar-refractivity contribution >= 4 is 28.3 Å². The van der Waals surface area contributed by atoms with E-state index in [-0.39, 0.29) is 11.2 Å². The maximum absolute atomic E-state index is 12.9. The van der Waals surface area contributed by atoms with Gasteiger partial charge < -0.3 is 9.31 Å². The van der Waals surface area contributed by atoms with Gasteiger partial charge in [0.15, 0.2) is 0 Å². The lowest BCUT2D eigenvalue weighted by molar-refractivity contribution is -0.137. The second-order valence-corrected chi connectivity index (χ2v) is 8.51. The second kappa shape index (κ2) is 5.64. The molecular formula is C14H19BF3NO4S. The van der Waals surface area contributed by atoms with E-state index in [9.17, 15) is 21.6 Å². The minimum absolute atomic E-state index is 0.187. The summed E-state index contributed by atoms with van der Waals surface area (Å²) in [5, 5.41) is 0. The summed E-state index contributed by atoms with van der Waals surface area (Å²) < 4.78 is 75.5. The van der Waals surface area contributed by atoms with Crippen LogP contribution in [0.1, 0.15) is 33.3 Å². The Morgan fingerprint density at radius 2 is 1.58 bits per heavy atom. The van der Waals surface area contributed by atoms with Gasteiger partial charge in [0.05, 0.1) is 23.0 Å². The number of rotatable bonds is 3. The van der Waals surface area contributed by atoms with E-state index < -0.39 is 40.1 Å². The van der Waals surface area contributed by atoms with Crippen LogP contribution in [-0.2, 0) is 25.5 Å². The number of halogens is 3. The molecule has 1 fully saturated rings. The summed E-state index contributed by atoms with van der Waals surface area (Å²) in [6, 6.07) is 2.77. The van der Waals surface area contributed by atoms with E-state index in [0.717, 1.165) is 18.4 Å². The van der Waals surface area contributed by atoms with E-state index in [1.165, 1.54) is 6.07 Å². The molecule has 1 aromatic rings. The van der Waals surface area contributed by atoms with Crippen molar-refractivity contribution in [2.75, 3.05) is 11.0 Å². The topological polar surface area (TPSA) is 64.6 Å². The number of nitrogens with one attached hydrogen (secondary N) is 1. The highest BCUT2D eigenvalue weighted by molar-refractivity contribution is 7.92. The highest BCUT2D eigenvalue weighted by Crippen LogP contribution is 2.38. The Kier molecular flexibility index (Phi) is 4.48. The number of hydrogen-bond donors (Lipinski definition) is 1. The van der Waals surface area contributed by atoms with Crippen LogP contribution >= 0.6 is 0 Å². The van der Waals surface area contributed by atoms with E-state index in [0.29, 0.717) is 0 Å². The molecule has 0 amide bonds. The zero-order chi connectivity index (χ0) is 18.6. The smallest absolute Gasteiger partial charge is 0.399 e. The minimum atomic E-state index is -4.59. The van der Waals surface area contributed by atoms with Crippen molar-refractivity contribution in [1.29, 1.82) is 0 Å². The quantitative estimate of drug-likeness (QED) is 0.836. The van der Waals surface area contributed by atoms with E-state index in [2.05, 4.69) is 4.72 Å². The highest BCUT2D eigenvalue weighted by Gasteiger charge is 2.52. The fourth-order valence-corrected chi connectivity index (χ4v) is 2.77. The van der Waals surface area contributed by atoms with Gasteiger partial charge in [-0.3, -0.25) is 4.72 Å². The normalized spacial score (nSPS) is 20.2. The lowest BCUT2D eigenvalue weighted by atomic mass is 9.77. The summed E-state index contributed by atoms with van der Waals surface area (Å²) in [5.41, 5.74) is -2.40. The third-order valence-electron chi connectivity index (χ3n) is 4.18. The average molecular weight is 365 g/mol. The first-order valence-corrected chi connectivity index (χ1v) is 9.06. The predicted octanol–water partition coefficient (Wildman–Crippen LogP) is 2.38. The molecule has 0 saturated carbocycles. The van der Waals surface area contributed by atoms with Crippen LogP contribution in [0, 0.1) is 0 Å². The van der Waals surface area contributed by atoms with Crippen LogP contribution in [-0.4, -0.2) is 33.0 Å². The first-order valence-electron chi connectivity index (χ1n) is 7.17. The van der Waals surface area contributed by atoms with Crippen LogP contribution in [0.15, 0.2) is 18.2 Å². The molecule has 0 aliphatic carbocycles. The van der Waals surface area contributed by atoms with Crippen LogP contribution in [0.25, 0.3) is 0 Å². The van der Waals surface area contributed by atoms with E-state index in [4.69, 9.17) is 9.31 Å². The van der Waals surface area contributed by atoms with Gasteiger partial charge in [0.2, 0.25) is 10.0 Å². The van der Waals surface area contributed by atoms with Crippen molar-refractivity contribution in [3.63, 3.8) is 0 Å². The molecule has 0 bridgehead atoms. The van der Waals surface area contributed by atoms with Gasteiger partial charge in [-0.05, 0) is 33.8 Å². The number of sulfonamides is 1. The molecule has 134 valence electrons. The molecule has 0 aromatic heterocycles. The molecular weight excluding hydrogens is 346 g/mol. The first-order chi connectivity index (χ1) is 10.6. The average Bonchev–Trinajstić information content (AvgIpc) is 2.54. The van der Waals surface area contributed by atoms with Gasteiger partial charge in [-0.15, -0.1) is 0 Å². The van der Waals surface area contributed by atoms with Gasteiger partial charge in [-0.1, -0.05) is 12.1 Å². The summed E-state index contributed by atoms with van der Waals surface area (Å²) in [4.78, 5) is 0. The molecule has 1 aromatic carbocycles. The maximum Gasteiger partial charge on any atom is 0.497 e. The molecule has 5 nitrogen and oxygen atoms in total. The largest absolute Gasteiger partial charge is 0.497 e. The van der Waals surface area contributed by atoms with E-state index in [1.807, 2.05) is 0 Å². The van der Waals surface area contributed by atoms with Crippen molar-refractivity contribution in [1.82, 2.24) is 0 Å². The fraction of sp³-hybridized carbons (Fsp3) is 0.571. The standard InChI is InChI=1S/C14H19BF3NO4S/c1-12(2)13(3,4)23-15(22-12)10-7-6-9(14(16,17)18)8-11(10)19-24(5,20)21/h6-8,19H,1-5H3. The zero-order valence-corrected chi connectivity index (χ0v) is 14.8. The monoisotopic (exact) mass is 365 g/mol. The molecule has 1 aliphatic heterocycles. The molecule has 0 unspecified atom stereocenters. The van der Waals surface area contributed by atoms with Crippen molar-refractivity contribution < 1.29 is 30.9 Å². The molecule has 0 spiro atoms. The number of hydrogen-bond acceptors (Lipinski definition) is 4. The summed E-state index contributed by atoms with van der Waals surface area (Å²) in [5.74, 6) is 0. The predicted molar refractivity (Wildman–Crippen MR) is 85.6 cm³/mol. The summed E-state index contributed by atoms with van der Waals surface area (Å²) >= 11 is 0. The van der Waals surface area contributed by atoms with E-state index >= 15 is 0 Å². The Labute approximate surface area is 139 Å². The minimum Gasteiger partial charge on any atom is -0.399 e. The van der Waals surface area contributed by atoms with Gasteiger partial charge in [0, 0.05) is 11.2 Å². The molecule has 1 heterocycles. The highest BCUT2D eigenvalue weighted by atomic mass is 32.2. The molecule has 0 radical (unpaired) electrons. The molecule has 0 atom stereocenters. The lowest BCUT2D eigenvalue weighted by Gasteiger charge is -2.32. The van der Waals surface area contributed by atoms with Crippen LogP contribution in [0.4, 0.5) is 18.9 Å². The van der Waals surface area contributed by atoms with Gasteiger partial charge in [-0.2, -0.15) is 13.2 Å². The van der Waals surface area contributed by atoms with Crippen LogP contribution in [0.2, 0.25) is 0 Å². The Morgan fingerprint density at radius 1 is 1.08 bits per heavy atom. The van der Waals surface area contributed by atoms with Crippen LogP contribution < -0.4 is 10.2 Å². The van der Waals surface area contributed by atoms with Gasteiger partial charge in [-0.25, -0.2) is 8.42 Å². The fourth-order valence-electron chi connectivity index (χ4n) is 2.20. The Hall–Kier alpha value is -1.26. The SMILES string of the molecule is CC1(C)OB(c2ccc(C(F)(F)F)cc2NS(C)(=O)=O)OC1(C)C. The number of anilines is 1. The maximum atomic E-state index is 12.9. The third-order valence-corrected chi connectivity index (χ3v) is 4.77. The lowest BCUT2D eigenvalue weighted by Crippen LogP contribution is -2.41. The molecule has 1 N–H and O–H groups in total. The summed E-state index contributed by atoms with van der Waals surface area (Å²) in [6.07, 6.45) is -3.73. The third kappa shape index (κ3) is 3.86. The number of benzene rings is 1. The van der Waals surface area contributed by atoms with Gasteiger partial charge >= 0.3 is 13.3 Å². The summed E-state index contributed by atoms with van der Waals surface area (Å²) in [6.45, 7) is 7.17. The van der Waals surface area contributed by atoms with Gasteiger partial charge in [0.1, 0.15) is 0 Å². The second-order valence-electron chi connectivity index (χ2n) is 6.76. The summed E-state index contributed by atoms with van der Waals surface area (Å²) in [7, 11) is -4.76. The molecule has 1 aliphatic rings. The van der Waals surface area contributed by atoms with Crippen molar-refractivity contribution in [2.45, 2.75) is 45.1 Å². The Morgan fingerprint density at radius 3 is 2.00 bits per heavy atom. The zero-order valence-electron chi connectivity index (χ0n) is 14.0. The van der Waals surface area contributed by atoms with Crippen molar-refractivity contribution in [2.24, 2.45) is 0 Å². The Balaban J connectivity index is 2.50. The molecule has 10 heteroatoms. The molecule has 2 rings (SSSR count).